The lowest BCUT2D eigenvalue weighted by atomic mass is 9.68. The van der Waals surface area contributed by atoms with Gasteiger partial charge < -0.3 is 5.73 Å². The van der Waals surface area contributed by atoms with Crippen LogP contribution in [0.2, 0.25) is 0 Å². The molecule has 0 radical (unpaired) electrons. The van der Waals surface area contributed by atoms with Gasteiger partial charge in [0.2, 0.25) is 0 Å². The van der Waals surface area contributed by atoms with Crippen molar-refractivity contribution >= 4 is 15.6 Å². The van der Waals surface area contributed by atoms with Crippen molar-refractivity contribution in [2.45, 2.75) is 39.0 Å². The molecule has 0 spiro atoms. The van der Waals surface area contributed by atoms with Crippen molar-refractivity contribution in [1.29, 1.82) is 0 Å². The maximum atomic E-state index is 12.2. The molecule has 0 aliphatic heterocycles. The number of hydrogen-bond acceptors (Lipinski definition) is 4. The molecule has 1 aliphatic rings. The molecular formula is C12H23NO3S. The van der Waals surface area contributed by atoms with E-state index < -0.39 is 15.3 Å². The SMILES string of the molecule is CC1CCC(CN)(C(=O)CCS(C)(=O)=O)CC1. The number of ketones is 1. The molecule has 0 atom stereocenters. The number of sulfone groups is 1. The highest BCUT2D eigenvalue weighted by Gasteiger charge is 2.39. The second-order valence-electron chi connectivity index (χ2n) is 5.47. The Balaban J connectivity index is 2.64. The van der Waals surface area contributed by atoms with Gasteiger partial charge in [0, 0.05) is 24.6 Å². The molecule has 100 valence electrons. The summed E-state index contributed by atoms with van der Waals surface area (Å²) in [5.74, 6) is 0.637. The normalized spacial score (nSPS) is 30.2. The molecule has 1 saturated carbocycles. The summed E-state index contributed by atoms with van der Waals surface area (Å²) in [7, 11) is -3.07. The Bertz CT molecular complexity index is 367. The highest BCUT2D eigenvalue weighted by atomic mass is 32.2. The molecule has 0 bridgehead atoms. The van der Waals surface area contributed by atoms with Crippen molar-refractivity contribution in [2.75, 3.05) is 18.6 Å². The smallest absolute Gasteiger partial charge is 0.147 e. The molecule has 0 aromatic carbocycles. The molecule has 2 N–H and O–H groups in total. The van der Waals surface area contributed by atoms with Crippen LogP contribution in [-0.2, 0) is 14.6 Å². The van der Waals surface area contributed by atoms with E-state index in [1.807, 2.05) is 0 Å². The maximum absolute atomic E-state index is 12.2. The van der Waals surface area contributed by atoms with Crippen molar-refractivity contribution in [3.8, 4) is 0 Å². The topological polar surface area (TPSA) is 77.2 Å². The van der Waals surface area contributed by atoms with Crippen molar-refractivity contribution in [3.05, 3.63) is 0 Å². The Morgan fingerprint density at radius 3 is 2.29 bits per heavy atom. The third kappa shape index (κ3) is 4.07. The van der Waals surface area contributed by atoms with E-state index >= 15 is 0 Å². The summed E-state index contributed by atoms with van der Waals surface area (Å²) in [6, 6.07) is 0. The maximum Gasteiger partial charge on any atom is 0.147 e. The van der Waals surface area contributed by atoms with E-state index in [0.717, 1.165) is 25.7 Å². The Hall–Kier alpha value is -0.420. The van der Waals surface area contributed by atoms with Gasteiger partial charge in [-0.3, -0.25) is 4.79 Å². The Kier molecular flexibility index (Phi) is 4.72. The van der Waals surface area contributed by atoms with Gasteiger partial charge in [-0.2, -0.15) is 0 Å². The van der Waals surface area contributed by atoms with Crippen LogP contribution in [0.1, 0.15) is 39.0 Å². The van der Waals surface area contributed by atoms with Gasteiger partial charge in [0.05, 0.1) is 5.75 Å². The minimum Gasteiger partial charge on any atom is -0.329 e. The van der Waals surface area contributed by atoms with Crippen LogP contribution >= 0.6 is 0 Å². The quantitative estimate of drug-likeness (QED) is 0.805. The molecule has 1 rings (SSSR count). The summed E-state index contributed by atoms with van der Waals surface area (Å²) in [5, 5.41) is 0. The molecule has 0 aromatic heterocycles. The van der Waals surface area contributed by atoms with Gasteiger partial charge in [-0.25, -0.2) is 8.42 Å². The van der Waals surface area contributed by atoms with Crippen LogP contribution in [0.5, 0.6) is 0 Å². The number of rotatable bonds is 5. The summed E-state index contributed by atoms with van der Waals surface area (Å²) in [6.07, 6.45) is 4.94. The van der Waals surface area contributed by atoms with Gasteiger partial charge in [-0.1, -0.05) is 6.92 Å². The van der Waals surface area contributed by atoms with Gasteiger partial charge in [-0.15, -0.1) is 0 Å². The minimum atomic E-state index is -3.07. The monoisotopic (exact) mass is 261 g/mol. The Labute approximate surface area is 104 Å². The predicted octanol–water partition coefficient (Wildman–Crippen LogP) is 1.15. The van der Waals surface area contributed by atoms with Gasteiger partial charge in [-0.05, 0) is 31.6 Å². The molecule has 0 amide bonds. The van der Waals surface area contributed by atoms with Gasteiger partial charge >= 0.3 is 0 Å². The highest BCUT2D eigenvalue weighted by molar-refractivity contribution is 7.90. The fourth-order valence-corrected chi connectivity index (χ4v) is 3.01. The zero-order chi connectivity index (χ0) is 13.1. The Morgan fingerprint density at radius 1 is 1.35 bits per heavy atom. The number of hydrogen-bond donors (Lipinski definition) is 1. The fraction of sp³-hybridized carbons (Fsp3) is 0.917. The van der Waals surface area contributed by atoms with Crippen molar-refractivity contribution in [1.82, 2.24) is 0 Å². The first-order valence-corrected chi connectivity index (χ1v) is 8.26. The van der Waals surface area contributed by atoms with Crippen LogP contribution in [0, 0.1) is 11.3 Å². The van der Waals surface area contributed by atoms with Gasteiger partial charge in [0.1, 0.15) is 15.6 Å². The van der Waals surface area contributed by atoms with Crippen LogP contribution in [0.4, 0.5) is 0 Å². The van der Waals surface area contributed by atoms with Crippen LogP contribution in [-0.4, -0.2) is 32.8 Å². The van der Waals surface area contributed by atoms with Crippen LogP contribution in [0.15, 0.2) is 0 Å². The van der Waals surface area contributed by atoms with Crippen molar-refractivity contribution < 1.29 is 13.2 Å². The van der Waals surface area contributed by atoms with E-state index in [2.05, 4.69) is 6.92 Å². The van der Waals surface area contributed by atoms with E-state index in [0.29, 0.717) is 12.5 Å². The molecule has 1 aliphatic carbocycles. The molecule has 1 fully saturated rings. The molecule has 0 saturated heterocycles. The van der Waals surface area contributed by atoms with E-state index in [1.54, 1.807) is 0 Å². The number of Topliss-reactive ketones (excluding diaryl/α,β-unsaturated/α-hetero) is 1. The molecule has 0 heterocycles. The summed E-state index contributed by atoms with van der Waals surface area (Å²) < 4.78 is 22.2. The number of carbonyl (C=O) groups excluding carboxylic acids is 1. The number of nitrogens with two attached hydrogens (primary N) is 1. The first-order chi connectivity index (χ1) is 7.79. The fourth-order valence-electron chi connectivity index (χ4n) is 2.45. The van der Waals surface area contributed by atoms with Crippen LogP contribution in [0.25, 0.3) is 0 Å². The van der Waals surface area contributed by atoms with Crippen molar-refractivity contribution in [3.63, 3.8) is 0 Å². The average Bonchev–Trinajstić information content (AvgIpc) is 2.26. The highest BCUT2D eigenvalue weighted by Crippen LogP contribution is 2.39. The molecule has 0 unspecified atom stereocenters. The number of carbonyl (C=O) groups is 1. The molecule has 4 nitrogen and oxygen atoms in total. The molecule has 0 aromatic rings. The summed E-state index contributed by atoms with van der Waals surface area (Å²) in [6.45, 7) is 2.53. The third-order valence-electron chi connectivity index (χ3n) is 3.91. The van der Waals surface area contributed by atoms with Gasteiger partial charge in [0.15, 0.2) is 0 Å². The van der Waals surface area contributed by atoms with E-state index in [4.69, 9.17) is 5.73 Å². The van der Waals surface area contributed by atoms with Crippen molar-refractivity contribution in [2.24, 2.45) is 17.1 Å². The molecule has 17 heavy (non-hydrogen) atoms. The lowest BCUT2D eigenvalue weighted by Gasteiger charge is -2.37. The minimum absolute atomic E-state index is 0.0392. The largest absolute Gasteiger partial charge is 0.329 e. The first kappa shape index (κ1) is 14.6. The summed E-state index contributed by atoms with van der Waals surface area (Å²) in [5.41, 5.74) is 5.31. The predicted molar refractivity (Wildman–Crippen MR) is 68.5 cm³/mol. The van der Waals surface area contributed by atoms with E-state index in [9.17, 15) is 13.2 Å². The zero-order valence-corrected chi connectivity index (χ0v) is 11.6. The molecule has 5 heteroatoms. The second kappa shape index (κ2) is 5.48. The zero-order valence-electron chi connectivity index (χ0n) is 10.7. The lowest BCUT2D eigenvalue weighted by molar-refractivity contribution is -0.130. The van der Waals surface area contributed by atoms with Crippen LogP contribution in [0.3, 0.4) is 0 Å². The molecular weight excluding hydrogens is 238 g/mol. The second-order valence-corrected chi connectivity index (χ2v) is 7.73. The van der Waals surface area contributed by atoms with Gasteiger partial charge in [0.25, 0.3) is 0 Å². The van der Waals surface area contributed by atoms with E-state index in [-0.39, 0.29) is 18.0 Å². The van der Waals surface area contributed by atoms with E-state index in [1.165, 1.54) is 6.26 Å². The standard InChI is InChI=1S/C12H23NO3S/c1-10-3-6-12(9-13,7-4-10)11(14)5-8-17(2,15)16/h10H,3-9,13H2,1-2H3. The van der Waals surface area contributed by atoms with Crippen LogP contribution < -0.4 is 5.73 Å². The first-order valence-electron chi connectivity index (χ1n) is 6.20. The average molecular weight is 261 g/mol. The third-order valence-corrected chi connectivity index (χ3v) is 4.86. The summed E-state index contributed by atoms with van der Waals surface area (Å²) in [4.78, 5) is 12.2. The lowest BCUT2D eigenvalue weighted by Crippen LogP contribution is -2.42. The Morgan fingerprint density at radius 2 is 1.88 bits per heavy atom. The summed E-state index contributed by atoms with van der Waals surface area (Å²) >= 11 is 0.